The number of hydrogen-bond acceptors (Lipinski definition) is 5. The summed E-state index contributed by atoms with van der Waals surface area (Å²) in [6, 6.07) is 16.0. The first-order chi connectivity index (χ1) is 17.1. The fourth-order valence-corrected chi connectivity index (χ4v) is 4.97. The number of imidazole rings is 1. The average molecular weight is 530 g/mol. The molecule has 176 valence electrons. The Bertz CT molecular complexity index is 1500. The number of aromatic nitrogens is 7. The lowest BCUT2D eigenvalue weighted by atomic mass is 10.0. The Kier molecular flexibility index (Phi) is 6.41. The molecule has 0 saturated carbocycles. The van der Waals surface area contributed by atoms with Gasteiger partial charge >= 0.3 is 5.69 Å². The van der Waals surface area contributed by atoms with E-state index in [1.54, 1.807) is 17.0 Å². The molecule has 3 heterocycles. The molecule has 9 heteroatoms. The van der Waals surface area contributed by atoms with Gasteiger partial charge in [-0.1, -0.05) is 49.7 Å². The number of rotatable bonds is 7. The molecule has 8 nitrogen and oxygen atoms in total. The van der Waals surface area contributed by atoms with Crippen LogP contribution in [0, 0.1) is 6.92 Å². The molecule has 3 aromatic heterocycles. The van der Waals surface area contributed by atoms with E-state index in [1.165, 1.54) is 0 Å². The van der Waals surface area contributed by atoms with E-state index in [-0.39, 0.29) is 5.69 Å². The summed E-state index contributed by atoms with van der Waals surface area (Å²) in [5.74, 6) is 0.589. The number of tetrazole rings is 1. The molecule has 0 saturated heterocycles. The van der Waals surface area contributed by atoms with Crippen molar-refractivity contribution >= 4 is 15.9 Å². The zero-order chi connectivity index (χ0) is 24.4. The van der Waals surface area contributed by atoms with Gasteiger partial charge in [0.25, 0.3) is 0 Å². The molecule has 0 bridgehead atoms. The standard InChI is InChI=1S/C26H24BrN7O/c1-3-5-20-16-34(24-17(2)6-4-7-23(24)27)26(35)33(20)15-18-8-10-19(11-9-18)22-14-28-13-12-21(22)25-29-31-32-30-25/h4,6-14,16H,3,5,15H2,1-2H3,(H,29,30,31,32). The van der Waals surface area contributed by atoms with Crippen LogP contribution in [0.2, 0.25) is 0 Å². The van der Waals surface area contributed by atoms with E-state index < -0.39 is 0 Å². The molecule has 0 aliphatic carbocycles. The van der Waals surface area contributed by atoms with E-state index in [1.807, 2.05) is 66.2 Å². The van der Waals surface area contributed by atoms with Gasteiger partial charge in [0.1, 0.15) is 0 Å². The number of nitrogens with zero attached hydrogens (tertiary/aromatic N) is 6. The maximum atomic E-state index is 13.5. The molecule has 5 aromatic rings. The van der Waals surface area contributed by atoms with Gasteiger partial charge in [-0.2, -0.15) is 0 Å². The quantitative estimate of drug-likeness (QED) is 0.321. The van der Waals surface area contributed by atoms with Gasteiger partial charge < -0.3 is 0 Å². The van der Waals surface area contributed by atoms with Gasteiger partial charge in [-0.05, 0) is 68.5 Å². The van der Waals surface area contributed by atoms with Crippen LogP contribution in [0.5, 0.6) is 0 Å². The zero-order valence-electron chi connectivity index (χ0n) is 19.4. The Morgan fingerprint density at radius 1 is 1.06 bits per heavy atom. The molecule has 5 rings (SSSR count). The maximum Gasteiger partial charge on any atom is 0.333 e. The number of benzene rings is 2. The number of aryl methyl sites for hydroxylation is 2. The molecule has 0 unspecified atom stereocenters. The summed E-state index contributed by atoms with van der Waals surface area (Å²) in [4.78, 5) is 17.8. The first-order valence-corrected chi connectivity index (χ1v) is 12.2. The number of halogens is 1. The molecule has 0 spiro atoms. The number of H-pyrrole nitrogens is 1. The molecule has 35 heavy (non-hydrogen) atoms. The van der Waals surface area contributed by atoms with Crippen molar-refractivity contribution in [1.29, 1.82) is 0 Å². The molecular weight excluding hydrogens is 506 g/mol. The minimum absolute atomic E-state index is 0.0418. The molecule has 1 N–H and O–H groups in total. The Hall–Kier alpha value is -3.85. The van der Waals surface area contributed by atoms with Crippen LogP contribution in [-0.4, -0.2) is 34.7 Å². The highest BCUT2D eigenvalue weighted by atomic mass is 79.9. The maximum absolute atomic E-state index is 13.5. The number of hydrogen-bond donors (Lipinski definition) is 1. The lowest BCUT2D eigenvalue weighted by molar-refractivity contribution is 0.691. The first kappa shape index (κ1) is 22.9. The van der Waals surface area contributed by atoms with Crippen LogP contribution in [-0.2, 0) is 13.0 Å². The SMILES string of the molecule is CCCc1cn(-c2c(C)cccc2Br)c(=O)n1Cc1ccc(-c2cnccc2-c2nnn[nH]2)cc1. The molecule has 0 amide bonds. The van der Waals surface area contributed by atoms with Crippen molar-refractivity contribution in [2.24, 2.45) is 0 Å². The predicted octanol–water partition coefficient (Wildman–Crippen LogP) is 4.95. The summed E-state index contributed by atoms with van der Waals surface area (Å²) in [5.41, 5.74) is 6.74. The smallest absolute Gasteiger partial charge is 0.292 e. The molecular formula is C26H24BrN7O. The lowest BCUT2D eigenvalue weighted by Gasteiger charge is -2.10. The predicted molar refractivity (Wildman–Crippen MR) is 138 cm³/mol. The van der Waals surface area contributed by atoms with Crippen molar-refractivity contribution in [2.75, 3.05) is 0 Å². The second-order valence-corrected chi connectivity index (χ2v) is 9.24. The van der Waals surface area contributed by atoms with Gasteiger partial charge in [-0.15, -0.1) is 5.10 Å². The minimum Gasteiger partial charge on any atom is -0.292 e. The third-order valence-electron chi connectivity index (χ3n) is 6.02. The van der Waals surface area contributed by atoms with Crippen molar-refractivity contribution in [1.82, 2.24) is 34.7 Å². The van der Waals surface area contributed by atoms with Crippen molar-refractivity contribution < 1.29 is 0 Å². The van der Waals surface area contributed by atoms with Crippen LogP contribution >= 0.6 is 15.9 Å². The Morgan fingerprint density at radius 2 is 1.89 bits per heavy atom. The third-order valence-corrected chi connectivity index (χ3v) is 6.66. The van der Waals surface area contributed by atoms with E-state index in [0.717, 1.165) is 56.5 Å². The van der Waals surface area contributed by atoms with Crippen molar-refractivity contribution in [2.45, 2.75) is 33.2 Å². The topological polar surface area (TPSA) is 94.3 Å². The van der Waals surface area contributed by atoms with Crippen molar-refractivity contribution in [3.8, 4) is 28.2 Å². The summed E-state index contributed by atoms with van der Waals surface area (Å²) in [6.07, 6.45) is 7.28. The van der Waals surface area contributed by atoms with Crippen molar-refractivity contribution in [3.63, 3.8) is 0 Å². The van der Waals surface area contributed by atoms with E-state index in [0.29, 0.717) is 12.4 Å². The van der Waals surface area contributed by atoms with Gasteiger partial charge in [-0.3, -0.25) is 14.1 Å². The van der Waals surface area contributed by atoms with Gasteiger partial charge in [0.2, 0.25) is 0 Å². The number of aromatic amines is 1. The highest BCUT2D eigenvalue weighted by molar-refractivity contribution is 9.10. The van der Waals surface area contributed by atoms with Gasteiger partial charge in [0, 0.05) is 39.9 Å². The molecule has 2 aromatic carbocycles. The van der Waals surface area contributed by atoms with Gasteiger partial charge in [0.15, 0.2) is 5.82 Å². The van der Waals surface area contributed by atoms with E-state index in [2.05, 4.69) is 48.5 Å². The summed E-state index contributed by atoms with van der Waals surface area (Å²) in [6.45, 7) is 4.64. The Labute approximate surface area is 210 Å². The fourth-order valence-electron chi connectivity index (χ4n) is 4.32. The average Bonchev–Trinajstić information content (AvgIpc) is 3.50. The highest BCUT2D eigenvalue weighted by Crippen LogP contribution is 2.29. The second-order valence-electron chi connectivity index (χ2n) is 8.38. The van der Waals surface area contributed by atoms with Crippen LogP contribution in [0.3, 0.4) is 0 Å². The van der Waals surface area contributed by atoms with Crippen LogP contribution in [0.15, 0.2) is 76.4 Å². The Morgan fingerprint density at radius 3 is 2.60 bits per heavy atom. The van der Waals surface area contributed by atoms with Crippen LogP contribution in [0.1, 0.15) is 30.2 Å². The van der Waals surface area contributed by atoms with Crippen molar-refractivity contribution in [3.05, 3.63) is 98.9 Å². The molecule has 0 aliphatic heterocycles. The second kappa shape index (κ2) is 9.79. The lowest BCUT2D eigenvalue weighted by Crippen LogP contribution is -2.25. The third kappa shape index (κ3) is 4.46. The summed E-state index contributed by atoms with van der Waals surface area (Å²) in [7, 11) is 0. The normalized spacial score (nSPS) is 11.2. The Balaban J connectivity index is 1.49. The number of nitrogens with one attached hydrogen (secondary N) is 1. The largest absolute Gasteiger partial charge is 0.333 e. The summed E-state index contributed by atoms with van der Waals surface area (Å²) >= 11 is 3.62. The molecule has 0 aliphatic rings. The zero-order valence-corrected chi connectivity index (χ0v) is 21.0. The van der Waals surface area contributed by atoms with E-state index in [9.17, 15) is 4.79 Å². The van der Waals surface area contributed by atoms with E-state index >= 15 is 0 Å². The highest BCUT2D eigenvalue weighted by Gasteiger charge is 2.16. The first-order valence-electron chi connectivity index (χ1n) is 11.4. The fraction of sp³-hybridized carbons (Fsp3) is 0.192. The van der Waals surface area contributed by atoms with Gasteiger partial charge in [0.05, 0.1) is 12.2 Å². The summed E-state index contributed by atoms with van der Waals surface area (Å²) < 4.78 is 4.53. The number of para-hydroxylation sites is 1. The molecule has 0 atom stereocenters. The van der Waals surface area contributed by atoms with Gasteiger partial charge in [-0.25, -0.2) is 9.89 Å². The van der Waals surface area contributed by atoms with Crippen LogP contribution in [0.4, 0.5) is 0 Å². The van der Waals surface area contributed by atoms with Crippen LogP contribution < -0.4 is 5.69 Å². The minimum atomic E-state index is -0.0418. The van der Waals surface area contributed by atoms with Crippen LogP contribution in [0.25, 0.3) is 28.2 Å². The molecule has 0 radical (unpaired) electrons. The van der Waals surface area contributed by atoms with E-state index in [4.69, 9.17) is 0 Å². The monoisotopic (exact) mass is 529 g/mol. The number of pyridine rings is 1. The molecule has 0 fully saturated rings. The summed E-state index contributed by atoms with van der Waals surface area (Å²) in [5, 5.41) is 14.2.